The van der Waals surface area contributed by atoms with Gasteiger partial charge in [0, 0.05) is 0 Å². The molecule has 0 bridgehead atoms. The monoisotopic (exact) mass is 454 g/mol. The minimum absolute atomic E-state index is 0.00169. The van der Waals surface area contributed by atoms with Crippen LogP contribution in [0.15, 0.2) is 58.2 Å². The van der Waals surface area contributed by atoms with Gasteiger partial charge >= 0.3 is 5.97 Å². The van der Waals surface area contributed by atoms with Crippen molar-refractivity contribution in [2.75, 3.05) is 7.11 Å². The maximum Gasteiger partial charge on any atom is 0.309 e. The third-order valence-corrected chi connectivity index (χ3v) is 7.03. The molecular formula is C31H50O2. The van der Waals surface area contributed by atoms with Crippen LogP contribution >= 0.6 is 0 Å². The summed E-state index contributed by atoms with van der Waals surface area (Å²) in [5, 5.41) is 0. The van der Waals surface area contributed by atoms with Crippen molar-refractivity contribution >= 4 is 5.97 Å². The van der Waals surface area contributed by atoms with Crippen LogP contribution in [0.2, 0.25) is 0 Å². The van der Waals surface area contributed by atoms with Crippen LogP contribution in [0.5, 0.6) is 0 Å². The molecular weight excluding hydrogens is 404 g/mol. The Kier molecular flexibility index (Phi) is 12.8. The topological polar surface area (TPSA) is 26.3 Å². The lowest BCUT2D eigenvalue weighted by Crippen LogP contribution is -2.09. The van der Waals surface area contributed by atoms with Crippen LogP contribution in [0, 0.1) is 17.3 Å². The molecule has 0 radical (unpaired) electrons. The summed E-state index contributed by atoms with van der Waals surface area (Å²) in [5.41, 5.74) is 7.09. The molecule has 0 aromatic heterocycles. The van der Waals surface area contributed by atoms with E-state index >= 15 is 0 Å². The molecule has 0 aromatic rings. The summed E-state index contributed by atoms with van der Waals surface area (Å²) in [6.07, 6.45) is 20.4. The highest BCUT2D eigenvalue weighted by Crippen LogP contribution is 2.63. The van der Waals surface area contributed by atoms with Gasteiger partial charge in [-0.1, -0.05) is 65.2 Å². The van der Waals surface area contributed by atoms with E-state index in [9.17, 15) is 4.79 Å². The molecule has 1 fully saturated rings. The number of rotatable bonds is 14. The van der Waals surface area contributed by atoms with Crippen LogP contribution < -0.4 is 0 Å². The Balaban J connectivity index is 2.65. The molecule has 0 amide bonds. The molecule has 2 nitrogen and oxygen atoms in total. The van der Waals surface area contributed by atoms with Gasteiger partial charge in [-0.05, 0) is 111 Å². The van der Waals surface area contributed by atoms with E-state index in [0.29, 0.717) is 5.92 Å². The third-order valence-electron chi connectivity index (χ3n) is 7.03. The smallest absolute Gasteiger partial charge is 0.309 e. The normalized spacial score (nSPS) is 23.2. The summed E-state index contributed by atoms with van der Waals surface area (Å²) in [6, 6.07) is 0. The second kappa shape index (κ2) is 14.4. The fraction of sp³-hybridized carbons (Fsp3) is 0.645. The van der Waals surface area contributed by atoms with E-state index < -0.39 is 0 Å². The number of esters is 1. The van der Waals surface area contributed by atoms with Crippen LogP contribution in [-0.2, 0) is 9.53 Å². The molecule has 0 unspecified atom stereocenters. The van der Waals surface area contributed by atoms with E-state index in [0.717, 1.165) is 51.4 Å². The lowest BCUT2D eigenvalue weighted by Gasteiger charge is -2.10. The lowest BCUT2D eigenvalue weighted by atomic mass is 9.95. The number of ether oxygens (including phenoxy) is 1. The Bertz CT molecular complexity index is 782. The van der Waals surface area contributed by atoms with Crippen LogP contribution in [0.1, 0.15) is 107 Å². The Morgan fingerprint density at radius 1 is 0.727 bits per heavy atom. The molecule has 0 spiro atoms. The van der Waals surface area contributed by atoms with Gasteiger partial charge in [-0.25, -0.2) is 0 Å². The second-order valence-electron chi connectivity index (χ2n) is 10.9. The zero-order chi connectivity index (χ0) is 25.0. The number of hydrogen-bond acceptors (Lipinski definition) is 2. The predicted molar refractivity (Wildman–Crippen MR) is 144 cm³/mol. The van der Waals surface area contributed by atoms with Gasteiger partial charge in [-0.2, -0.15) is 0 Å². The van der Waals surface area contributed by atoms with Crippen LogP contribution in [0.4, 0.5) is 0 Å². The molecule has 1 aliphatic carbocycles. The van der Waals surface area contributed by atoms with Crippen LogP contribution in [0.25, 0.3) is 0 Å². The molecule has 186 valence electrons. The number of hydrogen-bond donors (Lipinski definition) is 0. The molecule has 0 aromatic carbocycles. The zero-order valence-electron chi connectivity index (χ0n) is 23.0. The third kappa shape index (κ3) is 10.8. The van der Waals surface area contributed by atoms with E-state index in [2.05, 4.69) is 85.8 Å². The molecule has 2 heteroatoms. The van der Waals surface area contributed by atoms with Gasteiger partial charge in [0.05, 0.1) is 13.0 Å². The Hall–Kier alpha value is -1.83. The molecule has 1 saturated carbocycles. The van der Waals surface area contributed by atoms with E-state index in [1.54, 1.807) is 0 Å². The number of carbonyl (C=O) groups is 1. The Morgan fingerprint density at radius 2 is 1.18 bits per heavy atom. The van der Waals surface area contributed by atoms with Crippen molar-refractivity contribution in [2.24, 2.45) is 17.3 Å². The second-order valence-corrected chi connectivity index (χ2v) is 10.9. The quantitative estimate of drug-likeness (QED) is 0.193. The molecule has 1 rings (SSSR count). The summed E-state index contributed by atoms with van der Waals surface area (Å²) in [7, 11) is 1.52. The average molecular weight is 455 g/mol. The zero-order valence-corrected chi connectivity index (χ0v) is 23.0. The molecule has 0 saturated heterocycles. The van der Waals surface area contributed by atoms with Crippen LogP contribution in [-0.4, -0.2) is 13.1 Å². The minimum Gasteiger partial charge on any atom is -0.469 e. The van der Waals surface area contributed by atoms with E-state index in [4.69, 9.17) is 4.74 Å². The molecule has 0 heterocycles. The fourth-order valence-electron chi connectivity index (χ4n) is 4.70. The standard InChI is InChI=1S/C31H50O2/c1-23(2)14-10-16-25(5)18-12-19-27(7)22-28-29(30(32)33-9)31(28,8)21-13-20-26(6)17-11-15-24(3)4/h14-15,18,20,22,28-29H,10-13,16-17,19,21H2,1-9H3/b25-18+,26-20+,27-22+/t28-,29-,31+/m1/s1. The maximum atomic E-state index is 12.4. The molecule has 3 atom stereocenters. The largest absolute Gasteiger partial charge is 0.469 e. The fourth-order valence-corrected chi connectivity index (χ4v) is 4.70. The van der Waals surface area contributed by atoms with E-state index in [-0.39, 0.29) is 17.3 Å². The van der Waals surface area contributed by atoms with Gasteiger partial charge in [-0.15, -0.1) is 0 Å². The predicted octanol–water partition coefficient (Wildman–Crippen LogP) is 9.30. The van der Waals surface area contributed by atoms with Crippen molar-refractivity contribution < 1.29 is 9.53 Å². The molecule has 0 aliphatic heterocycles. The van der Waals surface area contributed by atoms with Crippen molar-refractivity contribution in [3.8, 4) is 0 Å². The first-order valence-electron chi connectivity index (χ1n) is 12.8. The van der Waals surface area contributed by atoms with Crippen molar-refractivity contribution in [3.63, 3.8) is 0 Å². The number of allylic oxidation sites excluding steroid dienone is 10. The summed E-state index contributed by atoms with van der Waals surface area (Å²) in [5.74, 6) is 0.246. The first kappa shape index (κ1) is 29.2. The first-order valence-corrected chi connectivity index (χ1v) is 12.8. The van der Waals surface area contributed by atoms with Gasteiger partial charge in [0.15, 0.2) is 0 Å². The highest BCUT2D eigenvalue weighted by Gasteiger charge is 2.63. The Morgan fingerprint density at radius 3 is 1.67 bits per heavy atom. The van der Waals surface area contributed by atoms with Crippen LogP contribution in [0.3, 0.4) is 0 Å². The van der Waals surface area contributed by atoms with Crippen molar-refractivity contribution in [3.05, 3.63) is 58.2 Å². The van der Waals surface area contributed by atoms with Gasteiger partial charge in [0.2, 0.25) is 0 Å². The van der Waals surface area contributed by atoms with Crippen molar-refractivity contribution in [2.45, 2.75) is 107 Å². The van der Waals surface area contributed by atoms with Crippen molar-refractivity contribution in [1.29, 1.82) is 0 Å². The summed E-state index contributed by atoms with van der Waals surface area (Å²) in [4.78, 5) is 12.4. The van der Waals surface area contributed by atoms with Gasteiger partial charge in [-0.3, -0.25) is 4.79 Å². The van der Waals surface area contributed by atoms with E-state index in [1.807, 2.05) is 0 Å². The highest BCUT2D eigenvalue weighted by atomic mass is 16.5. The minimum atomic E-state index is -0.0502. The molecule has 33 heavy (non-hydrogen) atoms. The number of methoxy groups -OCH3 is 1. The van der Waals surface area contributed by atoms with Crippen molar-refractivity contribution in [1.82, 2.24) is 0 Å². The maximum absolute atomic E-state index is 12.4. The van der Waals surface area contributed by atoms with E-state index in [1.165, 1.54) is 35.0 Å². The lowest BCUT2D eigenvalue weighted by molar-refractivity contribution is -0.143. The molecule has 1 aliphatic rings. The SMILES string of the molecule is COC(=O)[C@H]1[C@@H](/C=C(\C)CC/C=C(\C)CCC=C(C)C)[C@]1(C)CC/C=C(\C)CCC=C(C)C. The van der Waals surface area contributed by atoms with Gasteiger partial charge in [0.1, 0.15) is 0 Å². The summed E-state index contributed by atoms with van der Waals surface area (Å²) >= 11 is 0. The van der Waals surface area contributed by atoms with Gasteiger partial charge in [0.25, 0.3) is 0 Å². The Labute approximate surface area is 205 Å². The highest BCUT2D eigenvalue weighted by molar-refractivity contribution is 5.78. The number of carbonyl (C=O) groups excluding carboxylic acids is 1. The molecule has 0 N–H and O–H groups in total. The first-order chi connectivity index (χ1) is 15.5. The summed E-state index contributed by atoms with van der Waals surface area (Å²) < 4.78 is 5.15. The van der Waals surface area contributed by atoms with Gasteiger partial charge < -0.3 is 4.74 Å². The summed E-state index contributed by atoms with van der Waals surface area (Å²) in [6.45, 7) is 17.6. The average Bonchev–Trinajstić information content (AvgIpc) is 3.29.